The Labute approximate surface area is 187 Å². The SMILES string of the molecule is COc1ccc(-c2noc(CN3C(=O)NC(C)(c4cccc([N+](=O)[O-])c4)C3=O)n2)cc1OC. The molecule has 1 N–H and O–H groups in total. The van der Waals surface area contributed by atoms with Gasteiger partial charge in [0.15, 0.2) is 11.5 Å². The maximum atomic E-state index is 13.1. The van der Waals surface area contributed by atoms with E-state index in [2.05, 4.69) is 15.5 Å². The van der Waals surface area contributed by atoms with Crippen molar-refractivity contribution in [1.82, 2.24) is 20.4 Å². The zero-order chi connectivity index (χ0) is 23.8. The number of carbonyl (C=O) groups is 2. The van der Waals surface area contributed by atoms with E-state index in [0.717, 1.165) is 4.90 Å². The Morgan fingerprint density at radius 3 is 2.61 bits per heavy atom. The Morgan fingerprint density at radius 2 is 1.91 bits per heavy atom. The van der Waals surface area contributed by atoms with Crippen molar-refractivity contribution < 1.29 is 28.5 Å². The maximum absolute atomic E-state index is 13.1. The standard InChI is InChI=1S/C21H19N5O7/c1-21(13-5-4-6-14(10-13)26(29)30)19(27)25(20(28)23-21)11-17-22-18(24-33-17)12-7-8-15(31-2)16(9-12)32-3/h4-10H,11H2,1-3H3,(H,23,28). The largest absolute Gasteiger partial charge is 0.493 e. The quantitative estimate of drug-likeness (QED) is 0.323. The summed E-state index contributed by atoms with van der Waals surface area (Å²) in [6, 6.07) is 9.93. The third-order valence-electron chi connectivity index (χ3n) is 5.31. The van der Waals surface area contributed by atoms with Crippen molar-refractivity contribution in [3.05, 3.63) is 64.0 Å². The zero-order valence-corrected chi connectivity index (χ0v) is 17.9. The van der Waals surface area contributed by atoms with E-state index in [0.29, 0.717) is 17.1 Å². The zero-order valence-electron chi connectivity index (χ0n) is 17.9. The van der Waals surface area contributed by atoms with Crippen LogP contribution < -0.4 is 14.8 Å². The lowest BCUT2D eigenvalue weighted by atomic mass is 9.91. The Hall–Kier alpha value is -4.48. The molecule has 33 heavy (non-hydrogen) atoms. The highest BCUT2D eigenvalue weighted by atomic mass is 16.6. The molecule has 0 spiro atoms. The van der Waals surface area contributed by atoms with Crippen LogP contribution in [0.4, 0.5) is 10.5 Å². The van der Waals surface area contributed by atoms with Crippen molar-refractivity contribution in [3.63, 3.8) is 0 Å². The van der Waals surface area contributed by atoms with Gasteiger partial charge >= 0.3 is 6.03 Å². The van der Waals surface area contributed by atoms with Crippen molar-refractivity contribution in [2.45, 2.75) is 19.0 Å². The number of carbonyl (C=O) groups excluding carboxylic acids is 2. The summed E-state index contributed by atoms with van der Waals surface area (Å²) in [4.78, 5) is 41.4. The molecule has 0 saturated carbocycles. The Morgan fingerprint density at radius 1 is 1.15 bits per heavy atom. The number of amides is 3. The minimum absolute atomic E-state index is 0.0339. The predicted molar refractivity (Wildman–Crippen MR) is 112 cm³/mol. The number of imide groups is 1. The summed E-state index contributed by atoms with van der Waals surface area (Å²) in [7, 11) is 3.02. The van der Waals surface area contributed by atoms with Crippen molar-refractivity contribution in [2.75, 3.05) is 14.2 Å². The van der Waals surface area contributed by atoms with Gasteiger partial charge in [0, 0.05) is 17.7 Å². The first-order chi connectivity index (χ1) is 15.8. The summed E-state index contributed by atoms with van der Waals surface area (Å²) >= 11 is 0. The van der Waals surface area contributed by atoms with Crippen molar-refractivity contribution in [1.29, 1.82) is 0 Å². The van der Waals surface area contributed by atoms with E-state index in [-0.39, 0.29) is 29.5 Å². The number of hydrogen-bond donors (Lipinski definition) is 1. The maximum Gasteiger partial charge on any atom is 0.325 e. The molecule has 3 aromatic rings. The van der Waals surface area contributed by atoms with Crippen molar-refractivity contribution in [3.8, 4) is 22.9 Å². The average molecular weight is 453 g/mol. The Bertz CT molecular complexity index is 1260. The number of nitrogens with one attached hydrogen (secondary N) is 1. The molecule has 1 atom stereocenters. The number of nitro groups is 1. The van der Waals surface area contributed by atoms with Crippen molar-refractivity contribution >= 4 is 17.6 Å². The van der Waals surface area contributed by atoms with E-state index < -0.39 is 22.4 Å². The molecule has 12 nitrogen and oxygen atoms in total. The molecule has 4 rings (SSSR count). The van der Waals surface area contributed by atoms with Crippen LogP contribution in [0.25, 0.3) is 11.4 Å². The molecule has 1 aliphatic heterocycles. The molecule has 2 aromatic carbocycles. The summed E-state index contributed by atoms with van der Waals surface area (Å²) in [6.07, 6.45) is 0. The highest BCUT2D eigenvalue weighted by molar-refractivity contribution is 6.07. The normalized spacial score (nSPS) is 17.7. The summed E-state index contributed by atoms with van der Waals surface area (Å²) in [6.45, 7) is 1.21. The number of nitro benzene ring substituents is 1. The van der Waals surface area contributed by atoms with E-state index in [9.17, 15) is 19.7 Å². The van der Waals surface area contributed by atoms with Gasteiger partial charge in [-0.2, -0.15) is 4.98 Å². The number of rotatable bonds is 7. The van der Waals surface area contributed by atoms with E-state index in [1.165, 1.54) is 45.4 Å². The number of hydrogen-bond acceptors (Lipinski definition) is 9. The minimum atomic E-state index is -1.48. The first-order valence-corrected chi connectivity index (χ1v) is 9.71. The van der Waals surface area contributed by atoms with Gasteiger partial charge in [0.2, 0.25) is 11.7 Å². The number of non-ortho nitro benzene ring substituents is 1. The lowest BCUT2D eigenvalue weighted by Crippen LogP contribution is -2.40. The van der Waals surface area contributed by atoms with Gasteiger partial charge < -0.3 is 19.3 Å². The first-order valence-electron chi connectivity index (χ1n) is 9.71. The lowest BCUT2D eigenvalue weighted by molar-refractivity contribution is -0.385. The van der Waals surface area contributed by atoms with Crippen molar-refractivity contribution in [2.24, 2.45) is 0 Å². The Kier molecular flexibility index (Phi) is 5.42. The third kappa shape index (κ3) is 3.82. The second-order valence-corrected chi connectivity index (χ2v) is 7.34. The molecular weight excluding hydrogens is 434 g/mol. The van der Waals surface area contributed by atoms with E-state index in [4.69, 9.17) is 14.0 Å². The van der Waals surface area contributed by atoms with E-state index in [1.54, 1.807) is 18.2 Å². The van der Waals surface area contributed by atoms with Gasteiger partial charge in [-0.15, -0.1) is 0 Å². The molecule has 1 aliphatic rings. The van der Waals surface area contributed by atoms with Gasteiger partial charge in [-0.05, 0) is 30.7 Å². The van der Waals surface area contributed by atoms with Crippen LogP contribution in [0.2, 0.25) is 0 Å². The first kappa shape index (κ1) is 21.7. The highest BCUT2D eigenvalue weighted by Crippen LogP contribution is 2.33. The van der Waals surface area contributed by atoms with Crippen LogP contribution in [0.15, 0.2) is 47.0 Å². The monoisotopic (exact) mass is 453 g/mol. The fourth-order valence-electron chi connectivity index (χ4n) is 3.51. The average Bonchev–Trinajstić information content (AvgIpc) is 3.37. The van der Waals surface area contributed by atoms with Crippen LogP contribution in [0, 0.1) is 10.1 Å². The Balaban J connectivity index is 1.57. The third-order valence-corrected chi connectivity index (χ3v) is 5.31. The smallest absolute Gasteiger partial charge is 0.325 e. The molecular formula is C21H19N5O7. The number of aromatic nitrogens is 2. The number of urea groups is 1. The molecule has 0 bridgehead atoms. The molecule has 1 fully saturated rings. The minimum Gasteiger partial charge on any atom is -0.493 e. The molecule has 1 saturated heterocycles. The number of benzene rings is 2. The molecule has 170 valence electrons. The van der Waals surface area contributed by atoms with E-state index in [1.807, 2.05) is 0 Å². The summed E-state index contributed by atoms with van der Waals surface area (Å²) < 4.78 is 15.7. The van der Waals surface area contributed by atoms with Crippen LogP contribution in [0.1, 0.15) is 18.4 Å². The topological polar surface area (TPSA) is 150 Å². The number of nitrogens with zero attached hydrogens (tertiary/aromatic N) is 4. The second kappa shape index (κ2) is 8.22. The van der Waals surface area contributed by atoms with Gasteiger partial charge in [-0.25, -0.2) is 4.79 Å². The van der Waals surface area contributed by atoms with Gasteiger partial charge in [-0.1, -0.05) is 17.3 Å². The number of methoxy groups -OCH3 is 2. The lowest BCUT2D eigenvalue weighted by Gasteiger charge is -2.21. The van der Waals surface area contributed by atoms with Gasteiger partial charge in [-0.3, -0.25) is 19.8 Å². The van der Waals surface area contributed by atoms with Gasteiger partial charge in [0.1, 0.15) is 12.1 Å². The van der Waals surface area contributed by atoms with Crippen LogP contribution in [0.3, 0.4) is 0 Å². The summed E-state index contributed by atoms with van der Waals surface area (Å²) in [5.41, 5.74) is -0.795. The van der Waals surface area contributed by atoms with Crippen LogP contribution in [-0.2, 0) is 16.9 Å². The second-order valence-electron chi connectivity index (χ2n) is 7.34. The fourth-order valence-corrected chi connectivity index (χ4v) is 3.51. The molecule has 2 heterocycles. The molecule has 0 radical (unpaired) electrons. The van der Waals surface area contributed by atoms with Crippen LogP contribution in [-0.4, -0.2) is 46.1 Å². The molecule has 1 unspecified atom stereocenters. The summed E-state index contributed by atoms with van der Waals surface area (Å²) in [5, 5.41) is 17.6. The van der Waals surface area contributed by atoms with Crippen LogP contribution in [0.5, 0.6) is 11.5 Å². The molecule has 3 amide bonds. The fraction of sp³-hybridized carbons (Fsp3) is 0.238. The molecule has 12 heteroatoms. The van der Waals surface area contributed by atoms with Gasteiger partial charge in [0.05, 0.1) is 19.1 Å². The predicted octanol–water partition coefficient (Wildman–Crippen LogP) is 2.63. The number of ether oxygens (including phenoxy) is 2. The summed E-state index contributed by atoms with van der Waals surface area (Å²) in [5.74, 6) is 0.679. The molecule has 1 aromatic heterocycles. The van der Waals surface area contributed by atoms with E-state index >= 15 is 0 Å². The molecule has 0 aliphatic carbocycles. The highest BCUT2D eigenvalue weighted by Gasteiger charge is 2.49. The van der Waals surface area contributed by atoms with Crippen LogP contribution >= 0.6 is 0 Å². The van der Waals surface area contributed by atoms with Gasteiger partial charge in [0.25, 0.3) is 11.6 Å².